The SMILES string of the molecule is COc1ccc(/C([O-])=C\C(=O)c2ccccc2C(=O)[O-])cc1.[Na+].[Na+]. The van der Waals surface area contributed by atoms with Gasteiger partial charge in [0.1, 0.15) is 5.75 Å². The van der Waals surface area contributed by atoms with E-state index in [0.717, 1.165) is 6.08 Å². The zero-order valence-electron chi connectivity index (χ0n) is 13.7. The Morgan fingerprint density at radius 3 is 1.96 bits per heavy atom. The third-order valence-corrected chi connectivity index (χ3v) is 3.05. The van der Waals surface area contributed by atoms with Crippen LogP contribution in [0.1, 0.15) is 26.3 Å². The zero-order valence-corrected chi connectivity index (χ0v) is 17.7. The van der Waals surface area contributed by atoms with Gasteiger partial charge in [-0.15, -0.1) is 0 Å². The predicted octanol–water partition coefficient (Wildman–Crippen LogP) is -5.35. The average Bonchev–Trinajstić information content (AvgIpc) is 2.54. The van der Waals surface area contributed by atoms with Crippen LogP contribution < -0.4 is 74.1 Å². The second kappa shape index (κ2) is 10.7. The topological polar surface area (TPSA) is 89.5 Å². The first kappa shape index (κ1) is 22.9. The summed E-state index contributed by atoms with van der Waals surface area (Å²) in [6.07, 6.45) is 0.865. The molecule has 2 aromatic carbocycles. The number of hydrogen-bond acceptors (Lipinski definition) is 5. The molecule has 0 aliphatic rings. The van der Waals surface area contributed by atoms with Crippen LogP contribution in [-0.2, 0) is 0 Å². The molecule has 0 unspecified atom stereocenters. The van der Waals surface area contributed by atoms with E-state index in [0.29, 0.717) is 11.3 Å². The number of carboxylic acids is 1. The number of rotatable bonds is 5. The molecule has 0 saturated carbocycles. The van der Waals surface area contributed by atoms with Crippen molar-refractivity contribution >= 4 is 17.5 Å². The fraction of sp³-hybridized carbons (Fsp3) is 0.0588. The van der Waals surface area contributed by atoms with Crippen molar-refractivity contribution in [1.82, 2.24) is 0 Å². The molecule has 0 saturated heterocycles. The molecule has 0 aliphatic heterocycles. The summed E-state index contributed by atoms with van der Waals surface area (Å²) in [5, 5.41) is 23.0. The molecule has 0 atom stereocenters. The Hall–Kier alpha value is -1.08. The van der Waals surface area contributed by atoms with Crippen LogP contribution in [0.4, 0.5) is 0 Å². The molecule has 0 aromatic heterocycles. The molecule has 0 fully saturated rings. The maximum atomic E-state index is 12.1. The number of methoxy groups -OCH3 is 1. The molecule has 2 aromatic rings. The Balaban J connectivity index is 0.00000264. The molecule has 112 valence electrons. The number of allylic oxidation sites excluding steroid dienone is 1. The number of carbonyl (C=O) groups excluding carboxylic acids is 2. The number of hydrogen-bond donors (Lipinski definition) is 0. The standard InChI is InChI=1S/C17H14O5.2Na/c1-22-12-8-6-11(7-9-12)15(18)10-16(19)13-4-2-3-5-14(13)17(20)21;;/h2-10,18H,1H3,(H,20,21);;/q;2*+1/p-2/b15-10+;;. The fourth-order valence-corrected chi connectivity index (χ4v) is 1.91. The first-order valence-corrected chi connectivity index (χ1v) is 6.40. The van der Waals surface area contributed by atoms with Crippen molar-refractivity contribution in [3.63, 3.8) is 0 Å². The average molecular weight is 342 g/mol. The number of benzene rings is 2. The molecule has 24 heavy (non-hydrogen) atoms. The zero-order chi connectivity index (χ0) is 16.1. The smallest absolute Gasteiger partial charge is 0.872 e. The fourth-order valence-electron chi connectivity index (χ4n) is 1.91. The molecule has 0 spiro atoms. The van der Waals surface area contributed by atoms with E-state index in [1.807, 2.05) is 0 Å². The summed E-state index contributed by atoms with van der Waals surface area (Å²) in [5.74, 6) is -2.07. The maximum absolute atomic E-state index is 12.1. The van der Waals surface area contributed by atoms with Crippen LogP contribution in [0.3, 0.4) is 0 Å². The molecule has 7 heteroatoms. The third kappa shape index (κ3) is 5.77. The van der Waals surface area contributed by atoms with Gasteiger partial charge in [-0.25, -0.2) is 0 Å². The summed E-state index contributed by atoms with van der Waals surface area (Å²) >= 11 is 0. The van der Waals surface area contributed by atoms with Crippen LogP contribution in [0.2, 0.25) is 0 Å². The number of ether oxygens (including phenoxy) is 1. The first-order chi connectivity index (χ1) is 10.5. The normalized spacial score (nSPS) is 10.1. The molecule has 0 aliphatic carbocycles. The van der Waals surface area contributed by atoms with E-state index in [2.05, 4.69) is 0 Å². The van der Waals surface area contributed by atoms with Gasteiger partial charge in [-0.1, -0.05) is 42.2 Å². The summed E-state index contributed by atoms with van der Waals surface area (Å²) in [6.45, 7) is 0. The first-order valence-electron chi connectivity index (χ1n) is 6.40. The second-order valence-electron chi connectivity index (χ2n) is 4.43. The Kier molecular flexibility index (Phi) is 10.2. The molecule has 0 radical (unpaired) electrons. The Labute approximate surface area is 183 Å². The molecule has 0 N–H and O–H groups in total. The molecule has 0 bridgehead atoms. The Morgan fingerprint density at radius 2 is 1.46 bits per heavy atom. The minimum Gasteiger partial charge on any atom is -0.872 e. The number of ketones is 1. The van der Waals surface area contributed by atoms with Crippen LogP contribution in [0.15, 0.2) is 54.6 Å². The molecular formula is C17H12Na2O5. The molecule has 0 amide bonds. The largest absolute Gasteiger partial charge is 1.00 e. The van der Waals surface area contributed by atoms with Crippen LogP contribution >= 0.6 is 0 Å². The summed E-state index contributed by atoms with van der Waals surface area (Å²) in [4.78, 5) is 23.1. The third-order valence-electron chi connectivity index (χ3n) is 3.05. The quantitative estimate of drug-likeness (QED) is 0.234. The van der Waals surface area contributed by atoms with Crippen LogP contribution in [0.5, 0.6) is 5.75 Å². The molecule has 2 rings (SSSR count). The summed E-state index contributed by atoms with van der Waals surface area (Å²) < 4.78 is 4.98. The van der Waals surface area contributed by atoms with Gasteiger partial charge >= 0.3 is 59.1 Å². The number of carbonyl (C=O) groups is 2. The van der Waals surface area contributed by atoms with Gasteiger partial charge in [0, 0.05) is 11.1 Å². The van der Waals surface area contributed by atoms with Crippen LogP contribution in [0, 0.1) is 0 Å². The van der Waals surface area contributed by atoms with Crippen molar-refractivity contribution in [2.24, 2.45) is 0 Å². The van der Waals surface area contributed by atoms with E-state index in [4.69, 9.17) is 4.74 Å². The van der Waals surface area contributed by atoms with Crippen molar-refractivity contribution in [2.75, 3.05) is 7.11 Å². The van der Waals surface area contributed by atoms with Gasteiger partial charge < -0.3 is 19.7 Å². The van der Waals surface area contributed by atoms with Crippen molar-refractivity contribution in [2.45, 2.75) is 0 Å². The van der Waals surface area contributed by atoms with Gasteiger partial charge in [-0.3, -0.25) is 4.79 Å². The summed E-state index contributed by atoms with van der Waals surface area (Å²) in [5.41, 5.74) is -0.0178. The van der Waals surface area contributed by atoms with E-state index in [1.54, 1.807) is 12.1 Å². The summed E-state index contributed by atoms with van der Waals surface area (Å²) in [7, 11) is 1.50. The van der Waals surface area contributed by atoms with Crippen molar-refractivity contribution in [3.8, 4) is 5.75 Å². The Morgan fingerprint density at radius 1 is 0.917 bits per heavy atom. The van der Waals surface area contributed by atoms with Gasteiger partial charge in [0.05, 0.1) is 13.1 Å². The van der Waals surface area contributed by atoms with Crippen LogP contribution in [-0.4, -0.2) is 18.9 Å². The number of aromatic carboxylic acids is 1. The van der Waals surface area contributed by atoms with Crippen molar-refractivity contribution in [1.29, 1.82) is 0 Å². The van der Waals surface area contributed by atoms with Gasteiger partial charge in [-0.05, 0) is 23.8 Å². The van der Waals surface area contributed by atoms with Crippen LogP contribution in [0.25, 0.3) is 5.76 Å². The van der Waals surface area contributed by atoms with E-state index in [9.17, 15) is 19.8 Å². The minimum absolute atomic E-state index is 0. The number of carboxylic acid groups (broad SMARTS) is 1. The van der Waals surface area contributed by atoms with Gasteiger partial charge in [0.25, 0.3) is 0 Å². The monoisotopic (exact) mass is 342 g/mol. The molecular weight excluding hydrogens is 330 g/mol. The predicted molar refractivity (Wildman–Crippen MR) is 76.1 cm³/mol. The van der Waals surface area contributed by atoms with Crippen molar-refractivity contribution < 1.29 is 83.7 Å². The van der Waals surface area contributed by atoms with E-state index >= 15 is 0 Å². The molecule has 5 nitrogen and oxygen atoms in total. The van der Waals surface area contributed by atoms with Gasteiger partial charge in [0.15, 0.2) is 5.78 Å². The van der Waals surface area contributed by atoms with Crippen molar-refractivity contribution in [3.05, 3.63) is 71.3 Å². The summed E-state index contributed by atoms with van der Waals surface area (Å²) in [6, 6.07) is 11.8. The van der Waals surface area contributed by atoms with Gasteiger partial charge in [-0.2, -0.15) is 0 Å². The molecule has 0 heterocycles. The van der Waals surface area contributed by atoms with E-state index in [1.165, 1.54) is 43.5 Å². The Bertz CT molecular complexity index is 739. The maximum Gasteiger partial charge on any atom is 1.00 e. The second-order valence-corrected chi connectivity index (χ2v) is 4.43. The minimum atomic E-state index is -1.46. The van der Waals surface area contributed by atoms with E-state index < -0.39 is 17.5 Å². The van der Waals surface area contributed by atoms with E-state index in [-0.39, 0.29) is 70.2 Å². The van der Waals surface area contributed by atoms with Gasteiger partial charge in [0.2, 0.25) is 0 Å².